The summed E-state index contributed by atoms with van der Waals surface area (Å²) in [5.41, 5.74) is 0.626. The van der Waals surface area contributed by atoms with Gasteiger partial charge in [-0.2, -0.15) is 26.3 Å². The van der Waals surface area contributed by atoms with Crippen LogP contribution in [0.2, 0.25) is 0 Å². The molecule has 54 heavy (non-hydrogen) atoms. The minimum absolute atomic E-state index is 0. The van der Waals surface area contributed by atoms with Crippen LogP contribution in [-0.4, -0.2) is 43.4 Å². The first-order chi connectivity index (χ1) is 24.9. The number of methoxy groups -OCH3 is 2. The van der Waals surface area contributed by atoms with Crippen molar-refractivity contribution in [1.82, 2.24) is 9.97 Å². The van der Waals surface area contributed by atoms with E-state index < -0.39 is 36.0 Å². The molecule has 0 aliphatic carbocycles. The number of carboxylic acid groups (broad SMARTS) is 1. The van der Waals surface area contributed by atoms with Crippen molar-refractivity contribution < 1.29 is 84.7 Å². The fourth-order valence-corrected chi connectivity index (χ4v) is 5.80. The summed E-state index contributed by atoms with van der Waals surface area (Å²) < 4.78 is 106. The molecule has 9 nitrogen and oxygen atoms in total. The van der Waals surface area contributed by atoms with Gasteiger partial charge in [-0.1, -0.05) is 13.8 Å². The number of aliphatic carboxylic acids is 1. The summed E-state index contributed by atoms with van der Waals surface area (Å²) in [6, 6.07) is 8.72. The number of ether oxygens (including phenoxy) is 4. The maximum absolute atomic E-state index is 13.9. The quantitative estimate of drug-likeness (QED) is 0.0870. The van der Waals surface area contributed by atoms with Crippen LogP contribution in [-0.2, 0) is 30.2 Å². The number of rotatable bonds is 16. The molecule has 0 amide bonds. The van der Waals surface area contributed by atoms with E-state index in [1.165, 1.54) is 31.5 Å². The molecule has 0 aliphatic rings. The molecule has 0 fully saturated rings. The molecule has 3 aromatic carbocycles. The van der Waals surface area contributed by atoms with Crippen molar-refractivity contribution in [2.75, 3.05) is 32.3 Å². The van der Waals surface area contributed by atoms with Crippen molar-refractivity contribution in [2.45, 2.75) is 71.9 Å². The summed E-state index contributed by atoms with van der Waals surface area (Å²) >= 11 is 0. The smallest absolute Gasteiger partial charge is 0.550 e. The molecule has 0 aliphatic heterocycles. The average molecular weight is 772 g/mol. The molecule has 286 valence electrons. The third kappa shape index (κ3) is 11.4. The van der Waals surface area contributed by atoms with Gasteiger partial charge in [-0.15, -0.1) is 0 Å². The Balaban J connectivity index is 0.00000784. The van der Waals surface area contributed by atoms with Crippen LogP contribution in [0.1, 0.15) is 72.9 Å². The zero-order valence-corrected chi connectivity index (χ0v) is 33.1. The molecule has 0 radical (unpaired) electrons. The molecule has 16 heteroatoms. The number of carboxylic acids is 1. The second kappa shape index (κ2) is 18.9. The molecule has 1 heterocycles. The molecule has 0 unspecified atom stereocenters. The monoisotopic (exact) mass is 771 g/mol. The van der Waals surface area contributed by atoms with Crippen LogP contribution in [0.25, 0.3) is 11.1 Å². The first-order valence-corrected chi connectivity index (χ1v) is 16.7. The van der Waals surface area contributed by atoms with E-state index in [9.17, 15) is 36.2 Å². The van der Waals surface area contributed by atoms with Crippen molar-refractivity contribution in [2.24, 2.45) is 0 Å². The van der Waals surface area contributed by atoms with Crippen LogP contribution in [0.3, 0.4) is 0 Å². The molecule has 4 aromatic rings. The summed E-state index contributed by atoms with van der Waals surface area (Å²) in [6.45, 7) is 7.64. The van der Waals surface area contributed by atoms with Crippen LogP contribution >= 0.6 is 0 Å². The number of halogens is 6. The van der Waals surface area contributed by atoms with Gasteiger partial charge in [0.2, 0.25) is 5.95 Å². The number of nitrogens with zero attached hydrogens (tertiary/aromatic N) is 3. The first-order valence-electron chi connectivity index (χ1n) is 16.7. The Morgan fingerprint density at radius 2 is 1.41 bits per heavy atom. The van der Waals surface area contributed by atoms with E-state index in [1.54, 1.807) is 12.1 Å². The second-order valence-electron chi connectivity index (χ2n) is 12.5. The summed E-state index contributed by atoms with van der Waals surface area (Å²) in [6.07, 6.45) is -7.64. The van der Waals surface area contributed by atoms with E-state index in [1.807, 2.05) is 39.8 Å². The molecule has 0 bridgehead atoms. The van der Waals surface area contributed by atoms with Gasteiger partial charge in [0.25, 0.3) is 0 Å². The van der Waals surface area contributed by atoms with E-state index in [2.05, 4.69) is 9.97 Å². The molecule has 0 N–H and O–H groups in total. The molecule has 0 saturated carbocycles. The van der Waals surface area contributed by atoms with E-state index in [-0.39, 0.29) is 84.8 Å². The van der Waals surface area contributed by atoms with Gasteiger partial charge in [0, 0.05) is 24.6 Å². The topological polar surface area (TPSA) is 106 Å². The summed E-state index contributed by atoms with van der Waals surface area (Å²) in [5, 5.41) is 10.7. The van der Waals surface area contributed by atoms with Crippen molar-refractivity contribution in [3.63, 3.8) is 0 Å². The Labute approximate surface area is 331 Å². The molecule has 0 saturated heterocycles. The van der Waals surface area contributed by atoms with Crippen molar-refractivity contribution in [1.29, 1.82) is 0 Å². The first kappa shape index (κ1) is 44.2. The van der Waals surface area contributed by atoms with Gasteiger partial charge < -0.3 is 33.7 Å². The van der Waals surface area contributed by atoms with E-state index in [4.69, 9.17) is 18.9 Å². The average Bonchev–Trinajstić information content (AvgIpc) is 3.09. The van der Waals surface area contributed by atoms with Gasteiger partial charge in [-0.3, -0.25) is 0 Å². The zero-order chi connectivity index (χ0) is 39.1. The molecule has 0 atom stereocenters. The predicted octanol–water partition coefficient (Wildman–Crippen LogP) is 5.15. The Morgan fingerprint density at radius 3 is 1.93 bits per heavy atom. The van der Waals surface area contributed by atoms with E-state index in [0.717, 1.165) is 11.1 Å². The van der Waals surface area contributed by atoms with Gasteiger partial charge in [0.1, 0.15) is 5.75 Å². The molecular weight excluding hydrogens is 731 g/mol. The number of aromatic nitrogens is 2. The van der Waals surface area contributed by atoms with E-state index in [0.29, 0.717) is 52.7 Å². The van der Waals surface area contributed by atoms with Crippen LogP contribution in [0.4, 0.5) is 32.3 Å². The summed E-state index contributed by atoms with van der Waals surface area (Å²) in [5.74, 6) is 0.251. The fraction of sp³-hybridized carbons (Fsp3) is 0.395. The van der Waals surface area contributed by atoms with Crippen molar-refractivity contribution in [3.8, 4) is 34.1 Å². The van der Waals surface area contributed by atoms with Gasteiger partial charge in [0.15, 0.2) is 17.2 Å². The van der Waals surface area contributed by atoms with Gasteiger partial charge in [0.05, 0.1) is 51.0 Å². The molecular formula is C38H40F6N3NaO6. The Kier molecular flexibility index (Phi) is 15.5. The van der Waals surface area contributed by atoms with Gasteiger partial charge in [-0.05, 0) is 103 Å². The SMILES string of the molecule is CCOc1cc(C)c(C(C)C)cc1-c1cc(OC)c(OC)cc1CN(Cc1cc(C(F)(F)F)cc(C(F)(F)F)c1)c1ncc(OCCCC(=O)[O-])cn1.[Na+]. The molecule has 1 aromatic heterocycles. The number of hydrogen-bond donors (Lipinski definition) is 0. The largest absolute Gasteiger partial charge is 1.00 e. The number of carbonyl (C=O) groups is 1. The number of aryl methyl sites for hydroxylation is 1. The maximum Gasteiger partial charge on any atom is 1.00 e. The number of alkyl halides is 6. The van der Waals surface area contributed by atoms with Crippen LogP contribution in [0, 0.1) is 6.92 Å². The van der Waals surface area contributed by atoms with Crippen LogP contribution in [0.5, 0.6) is 23.0 Å². The van der Waals surface area contributed by atoms with Crippen LogP contribution in [0.15, 0.2) is 54.9 Å². The fourth-order valence-electron chi connectivity index (χ4n) is 5.80. The Bertz CT molecular complexity index is 1860. The standard InChI is InChI=1S/C38H41F6N3O6.Na/c1-7-52-32-11-23(4)29(22(2)3)16-31(32)30-17-34(51-6)33(50-5)14-25(30)21-47(36-45-18-28(19-46-36)53-10-8-9-35(48)49)20-24-12-26(37(39,40)41)15-27(13-24)38(42,43)44;/h11-19,22H,7-10,20-21H2,1-6H3,(H,48,49);/q;+1/p-1. The van der Waals surface area contributed by atoms with Crippen LogP contribution < -0.4 is 58.5 Å². The Morgan fingerprint density at radius 1 is 0.815 bits per heavy atom. The van der Waals surface area contributed by atoms with Crippen molar-refractivity contribution >= 4 is 11.9 Å². The Hall–Kier alpha value is -4.21. The third-order valence-corrected chi connectivity index (χ3v) is 8.26. The maximum atomic E-state index is 13.9. The normalized spacial score (nSPS) is 11.6. The number of benzene rings is 3. The number of carbonyl (C=O) groups excluding carboxylic acids is 1. The molecule has 0 spiro atoms. The van der Waals surface area contributed by atoms with E-state index >= 15 is 0 Å². The summed E-state index contributed by atoms with van der Waals surface area (Å²) in [4.78, 5) is 20.8. The molecule has 4 rings (SSSR count). The van der Waals surface area contributed by atoms with Gasteiger partial charge >= 0.3 is 41.9 Å². The van der Waals surface area contributed by atoms with Crippen molar-refractivity contribution in [3.05, 3.63) is 88.2 Å². The number of hydrogen-bond acceptors (Lipinski definition) is 9. The second-order valence-corrected chi connectivity index (χ2v) is 12.5. The third-order valence-electron chi connectivity index (χ3n) is 8.26. The minimum atomic E-state index is -5.06. The predicted molar refractivity (Wildman–Crippen MR) is 183 cm³/mol. The zero-order valence-electron chi connectivity index (χ0n) is 31.1. The summed E-state index contributed by atoms with van der Waals surface area (Å²) in [7, 11) is 2.90. The van der Waals surface area contributed by atoms with Gasteiger partial charge in [-0.25, -0.2) is 9.97 Å². The minimum Gasteiger partial charge on any atom is -0.550 e. The number of anilines is 1.